The number of rotatable bonds is 5. The number of hydrogen-bond donors (Lipinski definition) is 2. The molecule has 1 atom stereocenters. The Morgan fingerprint density at radius 3 is 2.63 bits per heavy atom. The molecule has 0 spiro atoms. The largest absolute Gasteiger partial charge is 0.465 e. The van der Waals surface area contributed by atoms with E-state index in [0.29, 0.717) is 24.2 Å². The van der Waals surface area contributed by atoms with Crippen LogP contribution in [-0.4, -0.2) is 54.2 Å². The van der Waals surface area contributed by atoms with E-state index in [4.69, 9.17) is 11.6 Å². The summed E-state index contributed by atoms with van der Waals surface area (Å²) in [7, 11) is 0. The number of hydrogen-bond acceptors (Lipinski definition) is 3. The van der Waals surface area contributed by atoms with Gasteiger partial charge in [-0.05, 0) is 54.8 Å². The minimum Gasteiger partial charge on any atom is -0.465 e. The number of amides is 2. The summed E-state index contributed by atoms with van der Waals surface area (Å²) in [5, 5.41) is 12.2. The van der Waals surface area contributed by atoms with Gasteiger partial charge in [0.15, 0.2) is 0 Å². The van der Waals surface area contributed by atoms with Crippen molar-refractivity contribution in [1.82, 2.24) is 10.2 Å². The van der Waals surface area contributed by atoms with Crippen LogP contribution in [0.2, 0.25) is 5.02 Å². The molecule has 2 aromatic rings. The minimum atomic E-state index is -1.09. The highest BCUT2D eigenvalue weighted by molar-refractivity contribution is 6.30. The van der Waals surface area contributed by atoms with Crippen molar-refractivity contribution in [2.75, 3.05) is 31.1 Å². The lowest BCUT2D eigenvalue weighted by Crippen LogP contribution is -2.60. The van der Waals surface area contributed by atoms with Crippen LogP contribution in [0.3, 0.4) is 0 Å². The first-order chi connectivity index (χ1) is 14.3. The van der Waals surface area contributed by atoms with E-state index in [1.54, 1.807) is 24.0 Å². The molecule has 30 heavy (non-hydrogen) atoms. The molecule has 1 saturated heterocycles. The summed E-state index contributed by atoms with van der Waals surface area (Å²) in [5.41, 5.74) is 2.12. The molecule has 1 unspecified atom stereocenters. The molecule has 2 amide bonds. The average Bonchev–Trinajstić information content (AvgIpc) is 2.70. The summed E-state index contributed by atoms with van der Waals surface area (Å²) >= 11 is 5.78. The molecular weight excluding hydrogens is 416 g/mol. The van der Waals surface area contributed by atoms with Crippen molar-refractivity contribution in [2.45, 2.75) is 19.4 Å². The first-order valence-corrected chi connectivity index (χ1v) is 9.86. The summed E-state index contributed by atoms with van der Waals surface area (Å²) in [4.78, 5) is 27.3. The highest BCUT2D eigenvalue weighted by atomic mass is 35.5. The van der Waals surface area contributed by atoms with Crippen molar-refractivity contribution >= 4 is 29.3 Å². The maximum Gasteiger partial charge on any atom is 0.407 e. The van der Waals surface area contributed by atoms with Crippen LogP contribution in [0.4, 0.5) is 19.3 Å². The van der Waals surface area contributed by atoms with Gasteiger partial charge in [0.2, 0.25) is 5.91 Å². The van der Waals surface area contributed by atoms with Crippen molar-refractivity contribution in [2.24, 2.45) is 0 Å². The molecule has 0 radical (unpaired) electrons. The van der Waals surface area contributed by atoms with Gasteiger partial charge in [0.1, 0.15) is 17.7 Å². The Balaban J connectivity index is 1.72. The van der Waals surface area contributed by atoms with Crippen molar-refractivity contribution in [3.8, 4) is 0 Å². The van der Waals surface area contributed by atoms with Crippen LogP contribution >= 0.6 is 11.6 Å². The molecule has 0 bridgehead atoms. The normalized spacial score (nSPS) is 16.5. The molecular formula is C21H22ClF2N3O3. The van der Waals surface area contributed by atoms with E-state index in [1.165, 1.54) is 29.2 Å². The second-order valence-electron chi connectivity index (χ2n) is 7.16. The molecule has 160 valence electrons. The number of halogens is 3. The van der Waals surface area contributed by atoms with E-state index in [1.807, 2.05) is 0 Å². The number of nitrogens with one attached hydrogen (secondary N) is 1. The first kappa shape index (κ1) is 21.8. The second kappa shape index (κ2) is 9.30. The van der Waals surface area contributed by atoms with Gasteiger partial charge in [-0.25, -0.2) is 13.6 Å². The summed E-state index contributed by atoms with van der Waals surface area (Å²) in [5.74, 6) is -1.22. The zero-order chi connectivity index (χ0) is 21.8. The molecule has 1 aliphatic heterocycles. The number of benzene rings is 2. The van der Waals surface area contributed by atoms with Crippen LogP contribution < -0.4 is 10.2 Å². The molecule has 0 aliphatic carbocycles. The van der Waals surface area contributed by atoms with Gasteiger partial charge >= 0.3 is 6.09 Å². The number of piperazine rings is 1. The van der Waals surface area contributed by atoms with Gasteiger partial charge < -0.3 is 20.2 Å². The zero-order valence-corrected chi connectivity index (χ0v) is 17.1. The topological polar surface area (TPSA) is 72.9 Å². The third-order valence-electron chi connectivity index (χ3n) is 5.12. The highest BCUT2D eigenvalue weighted by Gasteiger charge is 2.35. The van der Waals surface area contributed by atoms with Crippen LogP contribution in [0.15, 0.2) is 36.4 Å². The Labute approximate surface area is 178 Å². The van der Waals surface area contributed by atoms with Gasteiger partial charge in [-0.2, -0.15) is 0 Å². The van der Waals surface area contributed by atoms with E-state index >= 15 is 0 Å². The SMILES string of the molecule is Cc1cc(F)ccc1N1CCN(C(=O)O)CC1C(=O)NCCc1ccc(F)c(Cl)c1. The van der Waals surface area contributed by atoms with Crippen molar-refractivity contribution in [1.29, 1.82) is 0 Å². The van der Waals surface area contributed by atoms with E-state index < -0.39 is 18.0 Å². The smallest absolute Gasteiger partial charge is 0.407 e. The Bertz CT molecular complexity index is 957. The fourth-order valence-corrected chi connectivity index (χ4v) is 3.76. The van der Waals surface area contributed by atoms with E-state index in [9.17, 15) is 23.5 Å². The molecule has 6 nitrogen and oxygen atoms in total. The van der Waals surface area contributed by atoms with E-state index in [2.05, 4.69) is 5.32 Å². The summed E-state index contributed by atoms with van der Waals surface area (Å²) in [6.45, 7) is 2.57. The van der Waals surface area contributed by atoms with Crippen LogP contribution in [0.25, 0.3) is 0 Å². The molecule has 0 saturated carbocycles. The van der Waals surface area contributed by atoms with Crippen LogP contribution in [0.5, 0.6) is 0 Å². The summed E-state index contributed by atoms with van der Waals surface area (Å²) < 4.78 is 26.8. The molecule has 9 heteroatoms. The van der Waals surface area contributed by atoms with Crippen molar-refractivity contribution in [3.05, 3.63) is 64.2 Å². The zero-order valence-electron chi connectivity index (χ0n) is 16.4. The van der Waals surface area contributed by atoms with Crippen molar-refractivity contribution < 1.29 is 23.5 Å². The average molecular weight is 438 g/mol. The molecule has 2 N–H and O–H groups in total. The predicted molar refractivity (Wildman–Crippen MR) is 110 cm³/mol. The number of nitrogens with zero attached hydrogens (tertiary/aromatic N) is 2. The second-order valence-corrected chi connectivity index (χ2v) is 7.57. The van der Waals surface area contributed by atoms with Gasteiger partial charge in [0.05, 0.1) is 11.6 Å². The fraction of sp³-hybridized carbons (Fsp3) is 0.333. The van der Waals surface area contributed by atoms with Gasteiger partial charge in [0, 0.05) is 25.3 Å². The van der Waals surface area contributed by atoms with Crippen LogP contribution in [0, 0.1) is 18.6 Å². The number of carbonyl (C=O) groups excluding carboxylic acids is 1. The van der Waals surface area contributed by atoms with Gasteiger partial charge in [0.25, 0.3) is 0 Å². The van der Waals surface area contributed by atoms with Crippen LogP contribution in [0.1, 0.15) is 11.1 Å². The third kappa shape index (κ3) is 4.99. The van der Waals surface area contributed by atoms with Gasteiger partial charge in [-0.3, -0.25) is 4.79 Å². The Hall–Kier alpha value is -2.87. The van der Waals surface area contributed by atoms with E-state index in [-0.39, 0.29) is 36.4 Å². The quantitative estimate of drug-likeness (QED) is 0.751. The van der Waals surface area contributed by atoms with Crippen molar-refractivity contribution in [3.63, 3.8) is 0 Å². The Kier molecular flexibility index (Phi) is 6.77. The lowest BCUT2D eigenvalue weighted by molar-refractivity contribution is -0.123. The fourth-order valence-electron chi connectivity index (χ4n) is 3.55. The predicted octanol–water partition coefficient (Wildman–Crippen LogP) is 3.45. The molecule has 1 aliphatic rings. The van der Waals surface area contributed by atoms with Crippen LogP contribution in [-0.2, 0) is 11.2 Å². The lowest BCUT2D eigenvalue weighted by atomic mass is 10.1. The van der Waals surface area contributed by atoms with Gasteiger partial charge in [-0.15, -0.1) is 0 Å². The minimum absolute atomic E-state index is 0.000357. The third-order valence-corrected chi connectivity index (χ3v) is 5.41. The number of aryl methyl sites for hydroxylation is 1. The maximum absolute atomic E-state index is 13.5. The number of carbonyl (C=O) groups is 2. The maximum atomic E-state index is 13.5. The van der Waals surface area contributed by atoms with Gasteiger partial charge in [-0.1, -0.05) is 17.7 Å². The molecule has 3 rings (SSSR count). The lowest BCUT2D eigenvalue weighted by Gasteiger charge is -2.41. The summed E-state index contributed by atoms with van der Waals surface area (Å²) in [6.07, 6.45) is -0.652. The monoisotopic (exact) mass is 437 g/mol. The molecule has 1 fully saturated rings. The number of anilines is 1. The Morgan fingerprint density at radius 1 is 1.20 bits per heavy atom. The first-order valence-electron chi connectivity index (χ1n) is 9.48. The summed E-state index contributed by atoms with van der Waals surface area (Å²) in [6, 6.07) is 7.91. The standard InChI is InChI=1S/C21H22ClF2N3O3/c1-13-10-15(23)3-5-18(13)27-9-8-26(21(29)30)12-19(27)20(28)25-7-6-14-2-4-17(24)16(22)11-14/h2-5,10-11,19H,6-9,12H2,1H3,(H,25,28)(H,29,30). The Morgan fingerprint density at radius 2 is 1.97 bits per heavy atom. The number of carboxylic acid groups (broad SMARTS) is 1. The molecule has 2 aromatic carbocycles. The highest BCUT2D eigenvalue weighted by Crippen LogP contribution is 2.25. The molecule has 1 heterocycles. The van der Waals surface area contributed by atoms with E-state index in [0.717, 1.165) is 5.56 Å². The molecule has 0 aromatic heterocycles.